The number of hydrogen-bond acceptors (Lipinski definition) is 2. The van der Waals surface area contributed by atoms with E-state index in [1.807, 2.05) is 18.2 Å². The van der Waals surface area contributed by atoms with Crippen molar-refractivity contribution in [3.8, 4) is 0 Å². The number of imidazole rings is 1. The van der Waals surface area contributed by atoms with Gasteiger partial charge in [-0.25, -0.2) is 4.98 Å². The largest absolute Gasteiger partial charge is 0.481 e. The van der Waals surface area contributed by atoms with Crippen LogP contribution in [0.2, 0.25) is 0 Å². The topological polar surface area (TPSA) is 66.0 Å². The van der Waals surface area contributed by atoms with Crippen LogP contribution in [0.1, 0.15) is 44.3 Å². The molecule has 1 saturated carbocycles. The molecule has 1 aliphatic rings. The minimum absolute atomic E-state index is 0.130. The number of carboxylic acids is 1. The molecule has 5 heteroatoms. The number of aliphatic carboxylic acids is 1. The number of nitrogens with one attached hydrogen (secondary N) is 1. The second-order valence-corrected chi connectivity index (χ2v) is 7.07. The van der Waals surface area contributed by atoms with E-state index in [0.29, 0.717) is 0 Å². The van der Waals surface area contributed by atoms with Crippen molar-refractivity contribution in [2.75, 3.05) is 0 Å². The summed E-state index contributed by atoms with van der Waals surface area (Å²) in [5.41, 5.74) is 1.81. The van der Waals surface area contributed by atoms with E-state index in [4.69, 9.17) is 0 Å². The minimum atomic E-state index is -0.698. The van der Waals surface area contributed by atoms with E-state index in [0.717, 1.165) is 53.4 Å². The molecule has 0 radical (unpaired) electrons. The second kappa shape index (κ2) is 5.79. The predicted octanol–water partition coefficient (Wildman–Crippen LogP) is 4.29. The molecule has 0 aliphatic heterocycles. The van der Waals surface area contributed by atoms with Crippen LogP contribution in [0.5, 0.6) is 0 Å². The Bertz CT molecular complexity index is 659. The Balaban J connectivity index is 1.88. The van der Waals surface area contributed by atoms with Crippen LogP contribution in [-0.4, -0.2) is 21.0 Å². The molecule has 1 aromatic carbocycles. The van der Waals surface area contributed by atoms with Gasteiger partial charge >= 0.3 is 5.97 Å². The summed E-state index contributed by atoms with van der Waals surface area (Å²) in [5, 5.41) is 9.25. The van der Waals surface area contributed by atoms with E-state index in [-0.39, 0.29) is 11.8 Å². The fourth-order valence-corrected chi connectivity index (χ4v) is 3.87. The molecule has 112 valence electrons. The summed E-state index contributed by atoms with van der Waals surface area (Å²) in [6, 6.07) is 5.96. The molecule has 0 bridgehead atoms. The molecule has 0 atom stereocenters. The third kappa shape index (κ3) is 3.28. The summed E-state index contributed by atoms with van der Waals surface area (Å²) in [6.45, 7) is 0. The highest BCUT2D eigenvalue weighted by atomic mass is 79.9. The van der Waals surface area contributed by atoms with E-state index >= 15 is 0 Å². The van der Waals surface area contributed by atoms with Crippen molar-refractivity contribution in [1.82, 2.24) is 9.97 Å². The van der Waals surface area contributed by atoms with E-state index in [2.05, 4.69) is 25.9 Å². The van der Waals surface area contributed by atoms with Crippen LogP contribution < -0.4 is 0 Å². The highest BCUT2D eigenvalue weighted by Crippen LogP contribution is 2.42. The molecule has 2 N–H and O–H groups in total. The predicted molar refractivity (Wildman–Crippen MR) is 85.3 cm³/mol. The van der Waals surface area contributed by atoms with Crippen LogP contribution in [-0.2, 0) is 11.2 Å². The van der Waals surface area contributed by atoms with Gasteiger partial charge in [0.15, 0.2) is 0 Å². The lowest BCUT2D eigenvalue weighted by Gasteiger charge is -2.35. The van der Waals surface area contributed by atoms with Crippen LogP contribution in [0.25, 0.3) is 11.0 Å². The second-order valence-electron chi connectivity index (χ2n) is 6.15. The summed E-state index contributed by atoms with van der Waals surface area (Å²) in [5.74, 6) is 0.210. The first kappa shape index (κ1) is 14.6. The molecule has 0 spiro atoms. The van der Waals surface area contributed by atoms with Crippen molar-refractivity contribution in [2.24, 2.45) is 5.41 Å². The fraction of sp³-hybridized carbons (Fsp3) is 0.500. The number of aromatic nitrogens is 2. The lowest BCUT2D eigenvalue weighted by molar-refractivity contribution is -0.140. The zero-order valence-electron chi connectivity index (χ0n) is 11.9. The Labute approximate surface area is 132 Å². The summed E-state index contributed by atoms with van der Waals surface area (Å²) in [6.07, 6.45) is 6.41. The Hall–Kier alpha value is -1.36. The number of carboxylic acid groups (broad SMARTS) is 1. The molecule has 0 saturated heterocycles. The maximum absolute atomic E-state index is 11.2. The van der Waals surface area contributed by atoms with E-state index in [1.54, 1.807) is 0 Å². The zero-order valence-corrected chi connectivity index (χ0v) is 13.4. The molecule has 1 aromatic heterocycles. The number of fused-ring (bicyclic) bond motifs is 1. The van der Waals surface area contributed by atoms with Gasteiger partial charge < -0.3 is 10.1 Å². The number of aromatic amines is 1. The SMILES string of the molecule is O=C(O)CC1(Cc2nc3ccc(Br)cc3[nH]2)CCCCC1. The number of H-pyrrole nitrogens is 1. The minimum Gasteiger partial charge on any atom is -0.481 e. The third-order valence-electron chi connectivity index (χ3n) is 4.48. The Kier molecular flexibility index (Phi) is 4.02. The average molecular weight is 351 g/mol. The Morgan fingerprint density at radius 2 is 2.10 bits per heavy atom. The van der Waals surface area contributed by atoms with Crippen molar-refractivity contribution in [3.63, 3.8) is 0 Å². The Morgan fingerprint density at radius 3 is 2.81 bits per heavy atom. The summed E-state index contributed by atoms with van der Waals surface area (Å²) in [7, 11) is 0. The third-order valence-corrected chi connectivity index (χ3v) is 4.97. The maximum Gasteiger partial charge on any atom is 0.303 e. The summed E-state index contributed by atoms with van der Waals surface area (Å²) in [4.78, 5) is 19.2. The van der Waals surface area contributed by atoms with E-state index in [1.165, 1.54) is 6.42 Å². The van der Waals surface area contributed by atoms with Gasteiger partial charge in [-0.05, 0) is 36.5 Å². The molecule has 1 heterocycles. The molecule has 2 aromatic rings. The van der Waals surface area contributed by atoms with Gasteiger partial charge in [-0.3, -0.25) is 4.79 Å². The first-order chi connectivity index (χ1) is 10.1. The van der Waals surface area contributed by atoms with Crippen LogP contribution >= 0.6 is 15.9 Å². The molecular weight excluding hydrogens is 332 g/mol. The quantitative estimate of drug-likeness (QED) is 0.863. The van der Waals surface area contributed by atoms with Gasteiger partial charge in [-0.15, -0.1) is 0 Å². The maximum atomic E-state index is 11.2. The van der Waals surface area contributed by atoms with Crippen LogP contribution in [0.3, 0.4) is 0 Å². The fourth-order valence-electron chi connectivity index (χ4n) is 3.51. The van der Waals surface area contributed by atoms with Gasteiger partial charge in [0, 0.05) is 10.9 Å². The van der Waals surface area contributed by atoms with Crippen LogP contribution in [0.4, 0.5) is 0 Å². The summed E-state index contributed by atoms with van der Waals surface area (Å²) < 4.78 is 1.02. The van der Waals surface area contributed by atoms with Gasteiger partial charge in [0.1, 0.15) is 5.82 Å². The summed E-state index contributed by atoms with van der Waals surface area (Å²) >= 11 is 3.46. The normalized spacial score (nSPS) is 18.0. The monoisotopic (exact) mass is 350 g/mol. The number of nitrogens with zero attached hydrogens (tertiary/aromatic N) is 1. The molecule has 3 rings (SSSR count). The van der Waals surface area contributed by atoms with Crippen molar-refractivity contribution >= 4 is 32.9 Å². The molecule has 4 nitrogen and oxygen atoms in total. The van der Waals surface area contributed by atoms with Gasteiger partial charge in [0.2, 0.25) is 0 Å². The molecule has 21 heavy (non-hydrogen) atoms. The van der Waals surface area contributed by atoms with Crippen molar-refractivity contribution < 1.29 is 9.90 Å². The highest BCUT2D eigenvalue weighted by Gasteiger charge is 2.35. The first-order valence-electron chi connectivity index (χ1n) is 7.42. The number of carbonyl (C=O) groups is 1. The first-order valence-corrected chi connectivity index (χ1v) is 8.22. The number of benzene rings is 1. The molecule has 1 fully saturated rings. The van der Waals surface area contributed by atoms with Gasteiger partial charge in [-0.2, -0.15) is 0 Å². The molecular formula is C16H19BrN2O2. The number of hydrogen-bond donors (Lipinski definition) is 2. The smallest absolute Gasteiger partial charge is 0.303 e. The van der Waals surface area contributed by atoms with Crippen LogP contribution in [0, 0.1) is 5.41 Å². The molecule has 0 unspecified atom stereocenters. The average Bonchev–Trinajstić information content (AvgIpc) is 2.79. The van der Waals surface area contributed by atoms with Crippen molar-refractivity contribution in [1.29, 1.82) is 0 Å². The zero-order chi connectivity index (χ0) is 14.9. The lowest BCUT2D eigenvalue weighted by atomic mass is 9.69. The van der Waals surface area contributed by atoms with Crippen molar-refractivity contribution in [2.45, 2.75) is 44.9 Å². The molecule has 1 aliphatic carbocycles. The van der Waals surface area contributed by atoms with E-state index in [9.17, 15) is 9.90 Å². The number of rotatable bonds is 4. The van der Waals surface area contributed by atoms with Gasteiger partial charge in [0.05, 0.1) is 17.5 Å². The van der Waals surface area contributed by atoms with Gasteiger partial charge in [-0.1, -0.05) is 35.2 Å². The Morgan fingerprint density at radius 1 is 1.33 bits per heavy atom. The standard InChI is InChI=1S/C16H19BrN2O2/c17-11-4-5-12-13(8-11)19-14(18-12)9-16(10-15(20)21)6-2-1-3-7-16/h4-5,8H,1-3,6-7,9-10H2,(H,18,19)(H,20,21). The highest BCUT2D eigenvalue weighted by molar-refractivity contribution is 9.10. The molecule has 0 amide bonds. The van der Waals surface area contributed by atoms with Crippen molar-refractivity contribution in [3.05, 3.63) is 28.5 Å². The lowest BCUT2D eigenvalue weighted by Crippen LogP contribution is -2.30. The van der Waals surface area contributed by atoms with E-state index < -0.39 is 5.97 Å². The number of halogens is 1. The van der Waals surface area contributed by atoms with Crippen LogP contribution in [0.15, 0.2) is 22.7 Å². The van der Waals surface area contributed by atoms with Gasteiger partial charge in [0.25, 0.3) is 0 Å².